The fourth-order valence-corrected chi connectivity index (χ4v) is 6.54. The van der Waals surface area contributed by atoms with Gasteiger partial charge in [-0.25, -0.2) is 0 Å². The number of halogens is 1. The second kappa shape index (κ2) is 33.7. The maximum absolute atomic E-state index is 2.62. The SMILES string of the molecule is CCCCCCCCCCCC[N+](C)(CCCCCCCCCCCC)C(C)CCCCCCCCCCC.[Cl-]. The Morgan fingerprint density at radius 3 is 0.850 bits per heavy atom. The Balaban J connectivity index is 0. The van der Waals surface area contributed by atoms with Crippen molar-refractivity contribution in [2.75, 3.05) is 20.1 Å². The van der Waals surface area contributed by atoms with Gasteiger partial charge in [-0.2, -0.15) is 0 Å². The summed E-state index contributed by atoms with van der Waals surface area (Å²) in [6.45, 7) is 12.4. The summed E-state index contributed by atoms with van der Waals surface area (Å²) < 4.78 is 1.35. The highest BCUT2D eigenvalue weighted by atomic mass is 35.5. The van der Waals surface area contributed by atoms with Gasteiger partial charge in [-0.3, -0.25) is 0 Å². The fourth-order valence-electron chi connectivity index (χ4n) is 6.54. The van der Waals surface area contributed by atoms with Crippen molar-refractivity contribution in [1.82, 2.24) is 0 Å². The Morgan fingerprint density at radius 2 is 0.575 bits per heavy atom. The van der Waals surface area contributed by atoms with E-state index in [1.807, 2.05) is 0 Å². The Labute approximate surface area is 262 Å². The molecule has 0 bridgehead atoms. The molecule has 2 heteroatoms. The van der Waals surface area contributed by atoms with Gasteiger partial charge in [0.05, 0.1) is 26.2 Å². The molecule has 0 amide bonds. The molecule has 0 fully saturated rings. The number of rotatable bonds is 33. The van der Waals surface area contributed by atoms with Crippen LogP contribution in [0, 0.1) is 0 Å². The van der Waals surface area contributed by atoms with Crippen molar-refractivity contribution in [2.45, 2.75) is 226 Å². The van der Waals surface area contributed by atoms with Crippen LogP contribution < -0.4 is 12.4 Å². The van der Waals surface area contributed by atoms with Crippen molar-refractivity contribution in [3.63, 3.8) is 0 Å². The second-order valence-electron chi connectivity index (χ2n) is 13.8. The molecular weight excluding hydrogens is 506 g/mol. The summed E-state index contributed by atoms with van der Waals surface area (Å²) in [5, 5.41) is 0. The topological polar surface area (TPSA) is 0 Å². The number of hydrogen-bond acceptors (Lipinski definition) is 0. The van der Waals surface area contributed by atoms with Crippen LogP contribution >= 0.6 is 0 Å². The van der Waals surface area contributed by atoms with Crippen LogP contribution in [0.25, 0.3) is 0 Å². The maximum atomic E-state index is 2.62. The van der Waals surface area contributed by atoms with E-state index >= 15 is 0 Å². The minimum atomic E-state index is 0. The molecule has 40 heavy (non-hydrogen) atoms. The highest BCUT2D eigenvalue weighted by Gasteiger charge is 2.27. The van der Waals surface area contributed by atoms with E-state index in [1.165, 1.54) is 210 Å². The van der Waals surface area contributed by atoms with Crippen molar-refractivity contribution in [3.05, 3.63) is 0 Å². The first-order valence-corrected chi connectivity index (χ1v) is 18.9. The lowest BCUT2D eigenvalue weighted by Gasteiger charge is -2.41. The first kappa shape index (κ1) is 42.4. The molecule has 0 aromatic carbocycles. The number of hydrogen-bond donors (Lipinski definition) is 0. The average molecular weight is 587 g/mol. The van der Waals surface area contributed by atoms with E-state index in [9.17, 15) is 0 Å². The Morgan fingerprint density at radius 1 is 0.350 bits per heavy atom. The Kier molecular flexibility index (Phi) is 35.8. The van der Waals surface area contributed by atoms with Gasteiger partial charge in [0.1, 0.15) is 0 Å². The molecular formula is C38H80ClN. The first-order valence-electron chi connectivity index (χ1n) is 18.9. The van der Waals surface area contributed by atoms with E-state index in [2.05, 4.69) is 34.7 Å². The molecule has 0 N–H and O–H groups in total. The largest absolute Gasteiger partial charge is 1.00 e. The third-order valence-corrected chi connectivity index (χ3v) is 9.83. The highest BCUT2D eigenvalue weighted by molar-refractivity contribution is 4.58. The lowest BCUT2D eigenvalue weighted by Crippen LogP contribution is -3.00. The molecule has 0 aliphatic carbocycles. The molecule has 0 aromatic heterocycles. The predicted octanol–water partition coefficient (Wildman–Crippen LogP) is 10.6. The normalized spacial score (nSPS) is 12.5. The van der Waals surface area contributed by atoms with E-state index in [4.69, 9.17) is 0 Å². The van der Waals surface area contributed by atoms with E-state index < -0.39 is 0 Å². The summed E-state index contributed by atoms with van der Waals surface area (Å²) in [5.74, 6) is 0. The van der Waals surface area contributed by atoms with Crippen LogP contribution in [0.1, 0.15) is 220 Å². The van der Waals surface area contributed by atoms with Gasteiger partial charge < -0.3 is 16.9 Å². The second-order valence-corrected chi connectivity index (χ2v) is 13.8. The van der Waals surface area contributed by atoms with Crippen LogP contribution in [-0.2, 0) is 0 Å². The molecule has 0 saturated heterocycles. The van der Waals surface area contributed by atoms with Gasteiger partial charge >= 0.3 is 0 Å². The van der Waals surface area contributed by atoms with Gasteiger partial charge in [-0.05, 0) is 45.4 Å². The first-order chi connectivity index (χ1) is 19.1. The summed E-state index contributed by atoms with van der Waals surface area (Å²) in [4.78, 5) is 0. The van der Waals surface area contributed by atoms with Gasteiger partial charge in [0.25, 0.3) is 0 Å². The monoisotopic (exact) mass is 586 g/mol. The van der Waals surface area contributed by atoms with E-state index in [0.717, 1.165) is 6.04 Å². The maximum Gasteiger partial charge on any atom is 0.0859 e. The molecule has 0 aromatic rings. The minimum Gasteiger partial charge on any atom is -1.00 e. The van der Waals surface area contributed by atoms with E-state index in [1.54, 1.807) is 0 Å². The zero-order valence-electron chi connectivity index (χ0n) is 29.0. The molecule has 1 nitrogen and oxygen atoms in total. The van der Waals surface area contributed by atoms with Gasteiger partial charge in [0.2, 0.25) is 0 Å². The van der Waals surface area contributed by atoms with Crippen molar-refractivity contribution in [1.29, 1.82) is 0 Å². The molecule has 0 aliphatic rings. The van der Waals surface area contributed by atoms with Crippen molar-refractivity contribution < 1.29 is 16.9 Å². The molecule has 0 aliphatic heterocycles. The zero-order valence-corrected chi connectivity index (χ0v) is 29.8. The molecule has 0 radical (unpaired) electrons. The lowest BCUT2D eigenvalue weighted by molar-refractivity contribution is -0.932. The number of nitrogens with zero attached hydrogens (tertiary/aromatic N) is 1. The van der Waals surface area contributed by atoms with Crippen LogP contribution in [0.4, 0.5) is 0 Å². The van der Waals surface area contributed by atoms with Gasteiger partial charge in [-0.15, -0.1) is 0 Å². The third-order valence-electron chi connectivity index (χ3n) is 9.83. The molecule has 244 valence electrons. The zero-order chi connectivity index (χ0) is 28.7. The van der Waals surface area contributed by atoms with Crippen molar-refractivity contribution in [3.8, 4) is 0 Å². The lowest BCUT2D eigenvalue weighted by atomic mass is 10.0. The van der Waals surface area contributed by atoms with Gasteiger partial charge in [0, 0.05) is 0 Å². The Hall–Kier alpha value is 0.250. The van der Waals surface area contributed by atoms with Crippen molar-refractivity contribution in [2.24, 2.45) is 0 Å². The fraction of sp³-hybridized carbons (Fsp3) is 1.00. The van der Waals surface area contributed by atoms with Crippen LogP contribution in [0.5, 0.6) is 0 Å². The molecule has 0 saturated carbocycles. The van der Waals surface area contributed by atoms with Crippen molar-refractivity contribution >= 4 is 0 Å². The summed E-state index contributed by atoms with van der Waals surface area (Å²) in [7, 11) is 2.62. The molecule has 1 unspecified atom stereocenters. The predicted molar refractivity (Wildman–Crippen MR) is 181 cm³/mol. The van der Waals surface area contributed by atoms with E-state index in [0.29, 0.717) is 0 Å². The van der Waals surface area contributed by atoms with Crippen LogP contribution in [0.2, 0.25) is 0 Å². The highest BCUT2D eigenvalue weighted by Crippen LogP contribution is 2.22. The smallest absolute Gasteiger partial charge is 0.0859 e. The van der Waals surface area contributed by atoms with Crippen LogP contribution in [-0.4, -0.2) is 30.7 Å². The minimum absolute atomic E-state index is 0. The molecule has 0 spiro atoms. The van der Waals surface area contributed by atoms with Crippen LogP contribution in [0.15, 0.2) is 0 Å². The van der Waals surface area contributed by atoms with Gasteiger partial charge in [0.15, 0.2) is 0 Å². The molecule has 1 atom stereocenters. The number of quaternary nitrogens is 1. The molecule has 0 rings (SSSR count). The average Bonchev–Trinajstić information content (AvgIpc) is 2.94. The summed E-state index contributed by atoms with van der Waals surface area (Å²) in [6.07, 6.45) is 43.6. The third kappa shape index (κ3) is 28.4. The summed E-state index contributed by atoms with van der Waals surface area (Å²) >= 11 is 0. The van der Waals surface area contributed by atoms with E-state index in [-0.39, 0.29) is 12.4 Å². The van der Waals surface area contributed by atoms with Crippen LogP contribution in [0.3, 0.4) is 0 Å². The summed E-state index contributed by atoms with van der Waals surface area (Å²) in [6, 6.07) is 0.840. The standard InChI is InChI=1S/C38H80N.ClH/c1-6-9-12-15-18-21-24-27-30-33-36-39(5,37-34-31-28-25-22-19-16-13-10-7-2)38(4)35-32-29-26-23-20-17-14-11-8-3;/h38H,6-37H2,1-5H3;1H/q+1;/p-1. The summed E-state index contributed by atoms with van der Waals surface area (Å²) in [5.41, 5.74) is 0. The molecule has 0 heterocycles. The van der Waals surface area contributed by atoms with Gasteiger partial charge in [-0.1, -0.05) is 175 Å². The Bertz CT molecular complexity index is 427. The quantitative estimate of drug-likeness (QED) is 0.0530. The number of unbranched alkanes of at least 4 members (excludes halogenated alkanes) is 26.